The first-order valence-electron chi connectivity index (χ1n) is 7.51. The highest BCUT2D eigenvalue weighted by Crippen LogP contribution is 2.46. The molecule has 1 aromatic rings. The molecule has 1 aromatic carbocycles. The van der Waals surface area contributed by atoms with Crippen molar-refractivity contribution in [2.75, 3.05) is 0 Å². The monoisotopic (exact) mass is 360 g/mol. The van der Waals surface area contributed by atoms with E-state index in [4.69, 9.17) is 11.6 Å². The van der Waals surface area contributed by atoms with E-state index < -0.39 is 24.1 Å². The number of benzene rings is 1. The lowest BCUT2D eigenvalue weighted by Gasteiger charge is -2.32. The van der Waals surface area contributed by atoms with Crippen LogP contribution in [0.1, 0.15) is 35.4 Å². The smallest absolute Gasteiger partial charge is 0.370 e. The number of urea groups is 1. The molecule has 130 valence electrons. The Balaban J connectivity index is 1.86. The molecule has 1 heterocycles. The quantitative estimate of drug-likeness (QED) is 0.861. The van der Waals surface area contributed by atoms with Gasteiger partial charge in [0.1, 0.15) is 5.70 Å². The number of aliphatic hydroxyl groups is 1. The Morgan fingerprint density at radius 3 is 2.58 bits per heavy atom. The van der Waals surface area contributed by atoms with Crippen molar-refractivity contribution < 1.29 is 23.1 Å². The third-order valence-corrected chi connectivity index (χ3v) is 4.69. The van der Waals surface area contributed by atoms with Crippen LogP contribution in [0.2, 0.25) is 5.02 Å². The van der Waals surface area contributed by atoms with Crippen LogP contribution >= 0.6 is 11.6 Å². The molecule has 2 amide bonds. The van der Waals surface area contributed by atoms with Gasteiger partial charge in [0.25, 0.3) is 0 Å². The summed E-state index contributed by atoms with van der Waals surface area (Å²) < 4.78 is 38.0. The summed E-state index contributed by atoms with van der Waals surface area (Å²) >= 11 is 6.43. The fraction of sp³-hybridized carbons (Fsp3) is 0.438. The Bertz CT molecular complexity index is 714. The number of halogens is 4. The molecule has 3 rings (SSSR count). The van der Waals surface area contributed by atoms with E-state index in [9.17, 15) is 23.1 Å². The molecule has 0 bridgehead atoms. The van der Waals surface area contributed by atoms with Crippen LogP contribution in [-0.2, 0) is 6.54 Å². The van der Waals surface area contributed by atoms with Gasteiger partial charge in [-0.1, -0.05) is 23.7 Å². The fourth-order valence-corrected chi connectivity index (χ4v) is 3.26. The molecule has 1 aliphatic heterocycles. The average Bonchev–Trinajstić information content (AvgIpc) is 3.28. The largest absolute Gasteiger partial charge is 0.431 e. The van der Waals surface area contributed by atoms with Gasteiger partial charge in [0, 0.05) is 5.02 Å². The van der Waals surface area contributed by atoms with Gasteiger partial charge >= 0.3 is 12.2 Å². The lowest BCUT2D eigenvalue weighted by atomic mass is 10.0. The van der Waals surface area contributed by atoms with Gasteiger partial charge in [-0.05, 0) is 48.4 Å². The van der Waals surface area contributed by atoms with E-state index in [0.717, 1.165) is 28.9 Å². The molecule has 0 radical (unpaired) electrons. The van der Waals surface area contributed by atoms with Gasteiger partial charge in [-0.2, -0.15) is 13.2 Å². The Kier molecular flexibility index (Phi) is 4.25. The zero-order chi connectivity index (χ0) is 17.6. The number of hydrogen-bond acceptors (Lipinski definition) is 2. The first-order valence-corrected chi connectivity index (χ1v) is 7.89. The second kappa shape index (κ2) is 5.97. The van der Waals surface area contributed by atoms with Crippen molar-refractivity contribution in [2.24, 2.45) is 0 Å². The molecule has 4 nitrogen and oxygen atoms in total. The highest BCUT2D eigenvalue weighted by Gasteiger charge is 2.40. The lowest BCUT2D eigenvalue weighted by molar-refractivity contribution is -0.100. The van der Waals surface area contributed by atoms with Gasteiger partial charge in [-0.3, -0.25) is 4.90 Å². The number of aliphatic hydroxyl groups excluding tert-OH is 1. The fourth-order valence-electron chi connectivity index (χ4n) is 2.83. The number of carbonyl (C=O) groups is 1. The van der Waals surface area contributed by atoms with E-state index in [0.29, 0.717) is 22.6 Å². The zero-order valence-corrected chi connectivity index (χ0v) is 13.6. The van der Waals surface area contributed by atoms with Gasteiger partial charge in [-0.25, -0.2) is 4.79 Å². The van der Waals surface area contributed by atoms with Crippen molar-refractivity contribution in [1.29, 1.82) is 0 Å². The molecule has 2 aliphatic rings. The minimum Gasteiger partial charge on any atom is -0.370 e. The van der Waals surface area contributed by atoms with E-state index in [-0.39, 0.29) is 6.54 Å². The van der Waals surface area contributed by atoms with Gasteiger partial charge in [0.05, 0.1) is 6.54 Å². The van der Waals surface area contributed by atoms with Crippen LogP contribution in [0.25, 0.3) is 0 Å². The Labute approximate surface area is 141 Å². The molecule has 0 saturated heterocycles. The molecule has 1 fully saturated rings. The number of carbonyl (C=O) groups excluding carboxylic acids is 1. The summed E-state index contributed by atoms with van der Waals surface area (Å²) in [7, 11) is 0. The summed E-state index contributed by atoms with van der Waals surface area (Å²) in [5.74, 6) is 0.397. The summed E-state index contributed by atoms with van der Waals surface area (Å²) in [6.07, 6.45) is -3.71. The average molecular weight is 361 g/mol. The molecular weight excluding hydrogens is 345 g/mol. The second-order valence-corrected chi connectivity index (χ2v) is 6.47. The van der Waals surface area contributed by atoms with Crippen molar-refractivity contribution in [3.8, 4) is 0 Å². The predicted octanol–water partition coefficient (Wildman–Crippen LogP) is 3.82. The Morgan fingerprint density at radius 1 is 1.38 bits per heavy atom. The zero-order valence-electron chi connectivity index (χ0n) is 12.8. The van der Waals surface area contributed by atoms with Crippen LogP contribution < -0.4 is 5.32 Å². The Hall–Kier alpha value is -1.73. The van der Waals surface area contributed by atoms with E-state index in [1.807, 2.05) is 13.0 Å². The van der Waals surface area contributed by atoms with Gasteiger partial charge in [0.2, 0.25) is 0 Å². The summed E-state index contributed by atoms with van der Waals surface area (Å²) in [5, 5.41) is 12.2. The predicted molar refractivity (Wildman–Crippen MR) is 82.4 cm³/mol. The van der Waals surface area contributed by atoms with Crippen LogP contribution in [0.4, 0.5) is 18.0 Å². The number of aryl methyl sites for hydroxylation is 1. The molecule has 2 N–H and O–H groups in total. The van der Waals surface area contributed by atoms with Crippen molar-refractivity contribution >= 4 is 17.6 Å². The van der Waals surface area contributed by atoms with Gasteiger partial charge in [0.15, 0.2) is 6.23 Å². The minimum absolute atomic E-state index is 0.0759. The minimum atomic E-state index is -4.72. The van der Waals surface area contributed by atoms with Crippen molar-refractivity contribution in [3.63, 3.8) is 0 Å². The maximum Gasteiger partial charge on any atom is 0.431 e. The molecule has 1 atom stereocenters. The normalized spacial score (nSPS) is 21.6. The molecule has 0 spiro atoms. The third-order valence-electron chi connectivity index (χ3n) is 4.25. The van der Waals surface area contributed by atoms with E-state index in [2.05, 4.69) is 0 Å². The summed E-state index contributed by atoms with van der Waals surface area (Å²) in [6, 6.07) is 2.59. The van der Waals surface area contributed by atoms with E-state index in [1.54, 1.807) is 11.4 Å². The van der Waals surface area contributed by atoms with Crippen LogP contribution in [0, 0.1) is 6.92 Å². The number of rotatable bonds is 3. The molecule has 1 aliphatic carbocycles. The topological polar surface area (TPSA) is 52.6 Å². The Morgan fingerprint density at radius 2 is 2.04 bits per heavy atom. The van der Waals surface area contributed by atoms with Gasteiger partial charge in [-0.15, -0.1) is 0 Å². The first-order chi connectivity index (χ1) is 11.2. The molecule has 8 heteroatoms. The van der Waals surface area contributed by atoms with Crippen LogP contribution in [0.3, 0.4) is 0 Å². The highest BCUT2D eigenvalue weighted by atomic mass is 35.5. The second-order valence-electron chi connectivity index (χ2n) is 6.09. The number of alkyl halides is 3. The van der Waals surface area contributed by atoms with E-state index >= 15 is 0 Å². The standard InChI is InChI=1S/C16H16ClF3N2O2/c1-8-2-3-10(14(17)13(8)9-4-5-9)7-22-12(23)6-11(16(18,19)20)21-15(22)24/h2-3,6,9,12,23H,4-5,7H2,1H3,(H,21,24). The lowest BCUT2D eigenvalue weighted by Crippen LogP contribution is -2.51. The SMILES string of the molecule is Cc1ccc(CN2C(=O)NC(C(F)(F)F)=CC2O)c(Cl)c1C1CC1. The number of nitrogens with zero attached hydrogens (tertiary/aromatic N) is 1. The number of amides is 2. The molecule has 0 aromatic heterocycles. The highest BCUT2D eigenvalue weighted by molar-refractivity contribution is 6.32. The van der Waals surface area contributed by atoms with Crippen molar-refractivity contribution in [2.45, 2.75) is 44.6 Å². The summed E-state index contributed by atoms with van der Waals surface area (Å²) in [6.45, 7) is 1.87. The molecule has 1 unspecified atom stereocenters. The van der Waals surface area contributed by atoms with Crippen LogP contribution in [0.15, 0.2) is 23.9 Å². The van der Waals surface area contributed by atoms with Gasteiger partial charge < -0.3 is 10.4 Å². The van der Waals surface area contributed by atoms with Crippen molar-refractivity contribution in [3.05, 3.63) is 45.6 Å². The number of hydrogen-bond donors (Lipinski definition) is 2. The first kappa shape index (κ1) is 17.1. The molecule has 1 saturated carbocycles. The summed E-state index contributed by atoms with van der Waals surface area (Å²) in [5.41, 5.74) is 1.41. The van der Waals surface area contributed by atoms with Crippen LogP contribution in [-0.4, -0.2) is 28.4 Å². The third kappa shape index (κ3) is 3.23. The maximum absolute atomic E-state index is 12.7. The molecule has 24 heavy (non-hydrogen) atoms. The maximum atomic E-state index is 12.7. The van der Waals surface area contributed by atoms with Crippen LogP contribution in [0.5, 0.6) is 0 Å². The molecular formula is C16H16ClF3N2O2. The van der Waals surface area contributed by atoms with Crippen molar-refractivity contribution in [1.82, 2.24) is 10.2 Å². The number of allylic oxidation sites excluding steroid dienone is 1. The summed E-state index contributed by atoms with van der Waals surface area (Å²) in [4.78, 5) is 12.9. The van der Waals surface area contributed by atoms with E-state index in [1.165, 1.54) is 0 Å². The number of nitrogens with one attached hydrogen (secondary N) is 1.